The van der Waals surface area contributed by atoms with E-state index in [9.17, 15) is 22.8 Å². The zero-order chi connectivity index (χ0) is 14.3. The number of nitrogens with one attached hydrogen (secondary N) is 1. The normalized spacial score (nSPS) is 27.6. The summed E-state index contributed by atoms with van der Waals surface area (Å²) in [5.41, 5.74) is -2.82. The predicted octanol–water partition coefficient (Wildman–Crippen LogP) is 0.604. The first-order chi connectivity index (χ1) is 8.76. The summed E-state index contributed by atoms with van der Waals surface area (Å²) in [6.45, 7) is -0.994. The lowest BCUT2D eigenvalue weighted by Gasteiger charge is -2.27. The van der Waals surface area contributed by atoms with Crippen LogP contribution in [0.4, 0.5) is 13.2 Å². The summed E-state index contributed by atoms with van der Waals surface area (Å²) in [5.74, 6) is -2.38. The number of carboxylic acids is 1. The molecule has 5 nitrogen and oxygen atoms in total. The van der Waals surface area contributed by atoms with Crippen LogP contribution in [0.25, 0.3) is 0 Å². The molecule has 1 unspecified atom stereocenters. The highest BCUT2D eigenvalue weighted by Crippen LogP contribution is 2.45. The zero-order valence-corrected chi connectivity index (χ0v) is 10.2. The molecule has 2 fully saturated rings. The first-order valence-electron chi connectivity index (χ1n) is 6.07. The van der Waals surface area contributed by atoms with E-state index in [1.165, 1.54) is 0 Å². The van der Waals surface area contributed by atoms with Crippen molar-refractivity contribution >= 4 is 11.9 Å². The molecule has 1 saturated carbocycles. The quantitative estimate of drug-likeness (QED) is 0.791. The number of carbonyl (C=O) groups excluding carboxylic acids is 1. The number of carbonyl (C=O) groups is 2. The number of rotatable bonds is 4. The number of hydrogen-bond donors (Lipinski definition) is 2. The van der Waals surface area contributed by atoms with Gasteiger partial charge in [0.2, 0.25) is 5.91 Å². The molecule has 1 aliphatic heterocycles. The fourth-order valence-electron chi connectivity index (χ4n) is 2.18. The van der Waals surface area contributed by atoms with E-state index in [0.29, 0.717) is 0 Å². The van der Waals surface area contributed by atoms with Crippen LogP contribution >= 0.6 is 0 Å². The Morgan fingerprint density at radius 1 is 1.37 bits per heavy atom. The second-order valence-electron chi connectivity index (χ2n) is 5.11. The van der Waals surface area contributed by atoms with Crippen molar-refractivity contribution in [3.05, 3.63) is 0 Å². The number of carboxylic acid groups (broad SMARTS) is 1. The fraction of sp³-hybridized carbons (Fsp3) is 0.818. The molecule has 0 aromatic carbocycles. The van der Waals surface area contributed by atoms with Crippen molar-refractivity contribution in [3.8, 4) is 0 Å². The molecule has 8 heteroatoms. The molecule has 0 spiro atoms. The zero-order valence-electron chi connectivity index (χ0n) is 10.2. The molecule has 2 N–H and O–H groups in total. The molecular weight excluding hydrogens is 265 g/mol. The van der Waals surface area contributed by atoms with E-state index in [4.69, 9.17) is 5.11 Å². The molecule has 0 aromatic rings. The number of hydrogen-bond acceptors (Lipinski definition) is 3. The van der Waals surface area contributed by atoms with Gasteiger partial charge >= 0.3 is 12.1 Å². The minimum absolute atomic E-state index is 0.0295. The Hall–Kier alpha value is -1.31. The highest BCUT2D eigenvalue weighted by molar-refractivity contribution is 5.82. The van der Waals surface area contributed by atoms with Crippen molar-refractivity contribution in [1.29, 1.82) is 0 Å². The number of aliphatic carboxylic acids is 1. The van der Waals surface area contributed by atoms with Gasteiger partial charge < -0.3 is 15.3 Å². The van der Waals surface area contributed by atoms with Crippen molar-refractivity contribution in [1.82, 2.24) is 10.2 Å². The molecule has 108 valence electrons. The largest absolute Gasteiger partial charge is 0.481 e. The van der Waals surface area contributed by atoms with Crippen LogP contribution in [0.1, 0.15) is 19.3 Å². The molecule has 2 aliphatic rings. The third-order valence-corrected chi connectivity index (χ3v) is 3.69. The molecular formula is C11H15F3N2O3. The Morgan fingerprint density at radius 2 is 2.00 bits per heavy atom. The van der Waals surface area contributed by atoms with Gasteiger partial charge in [0.15, 0.2) is 5.41 Å². The van der Waals surface area contributed by atoms with Crippen LogP contribution in [0, 0.1) is 5.41 Å². The molecule has 19 heavy (non-hydrogen) atoms. The van der Waals surface area contributed by atoms with Crippen LogP contribution in [0.3, 0.4) is 0 Å². The van der Waals surface area contributed by atoms with Crippen molar-refractivity contribution in [2.45, 2.75) is 31.5 Å². The van der Waals surface area contributed by atoms with E-state index in [-0.39, 0.29) is 19.1 Å². The Labute approximate surface area is 107 Å². The Bertz CT molecular complexity index is 395. The SMILES string of the molecule is O=C(CNC1CC1)N1CCC(C(=O)O)(C(F)(F)F)C1. The minimum atomic E-state index is -4.85. The average molecular weight is 280 g/mol. The molecule has 0 bridgehead atoms. The maximum atomic E-state index is 12.9. The third kappa shape index (κ3) is 2.68. The molecule has 2 rings (SSSR count). The summed E-state index contributed by atoms with van der Waals surface area (Å²) < 4.78 is 38.7. The first kappa shape index (κ1) is 14.1. The predicted molar refractivity (Wildman–Crippen MR) is 58.3 cm³/mol. The number of halogens is 3. The fourth-order valence-corrected chi connectivity index (χ4v) is 2.18. The molecule has 1 aliphatic carbocycles. The van der Waals surface area contributed by atoms with Crippen molar-refractivity contribution in [2.75, 3.05) is 19.6 Å². The molecule has 1 saturated heterocycles. The van der Waals surface area contributed by atoms with Gasteiger partial charge in [-0.1, -0.05) is 0 Å². The third-order valence-electron chi connectivity index (χ3n) is 3.69. The second kappa shape index (κ2) is 4.66. The smallest absolute Gasteiger partial charge is 0.406 e. The summed E-state index contributed by atoms with van der Waals surface area (Å²) >= 11 is 0. The maximum Gasteiger partial charge on any atom is 0.406 e. The monoisotopic (exact) mass is 280 g/mol. The molecule has 1 amide bonds. The van der Waals surface area contributed by atoms with Gasteiger partial charge in [0.25, 0.3) is 0 Å². The van der Waals surface area contributed by atoms with Crippen LogP contribution in [-0.4, -0.2) is 53.7 Å². The van der Waals surface area contributed by atoms with Gasteiger partial charge in [-0.25, -0.2) is 0 Å². The summed E-state index contributed by atoms with van der Waals surface area (Å²) in [4.78, 5) is 23.6. The van der Waals surface area contributed by atoms with Crippen LogP contribution in [0.15, 0.2) is 0 Å². The van der Waals surface area contributed by atoms with Gasteiger partial charge in [-0.3, -0.25) is 9.59 Å². The van der Waals surface area contributed by atoms with Gasteiger partial charge in [-0.05, 0) is 19.3 Å². The average Bonchev–Trinajstić information content (AvgIpc) is 2.99. The van der Waals surface area contributed by atoms with Crippen molar-refractivity contribution in [3.63, 3.8) is 0 Å². The lowest BCUT2D eigenvalue weighted by atomic mass is 9.86. The Balaban J connectivity index is 1.99. The Kier molecular flexibility index (Phi) is 3.46. The lowest BCUT2D eigenvalue weighted by Crippen LogP contribution is -2.48. The van der Waals surface area contributed by atoms with Gasteiger partial charge in [0, 0.05) is 19.1 Å². The van der Waals surface area contributed by atoms with Crippen LogP contribution in [-0.2, 0) is 9.59 Å². The van der Waals surface area contributed by atoms with Crippen LogP contribution in [0.5, 0.6) is 0 Å². The van der Waals surface area contributed by atoms with E-state index in [1.807, 2.05) is 0 Å². The van der Waals surface area contributed by atoms with Crippen LogP contribution in [0.2, 0.25) is 0 Å². The van der Waals surface area contributed by atoms with Crippen molar-refractivity contribution in [2.24, 2.45) is 5.41 Å². The number of amides is 1. The Morgan fingerprint density at radius 3 is 2.42 bits per heavy atom. The topological polar surface area (TPSA) is 69.6 Å². The van der Waals surface area contributed by atoms with Gasteiger partial charge in [0.1, 0.15) is 0 Å². The van der Waals surface area contributed by atoms with Crippen molar-refractivity contribution < 1.29 is 27.9 Å². The van der Waals surface area contributed by atoms with E-state index in [1.54, 1.807) is 0 Å². The van der Waals surface area contributed by atoms with Crippen LogP contribution < -0.4 is 5.32 Å². The second-order valence-corrected chi connectivity index (χ2v) is 5.11. The summed E-state index contributed by atoms with van der Waals surface area (Å²) in [6.07, 6.45) is -3.50. The molecule has 0 aromatic heterocycles. The first-order valence-corrected chi connectivity index (χ1v) is 6.07. The molecule has 1 heterocycles. The van der Waals surface area contributed by atoms with Gasteiger partial charge in [-0.15, -0.1) is 0 Å². The highest BCUT2D eigenvalue weighted by Gasteiger charge is 2.64. The minimum Gasteiger partial charge on any atom is -0.481 e. The molecule has 1 atom stereocenters. The highest BCUT2D eigenvalue weighted by atomic mass is 19.4. The maximum absolute atomic E-state index is 12.9. The standard InChI is InChI=1S/C11H15F3N2O3/c12-11(13,14)10(9(18)19)3-4-16(6-10)8(17)5-15-7-1-2-7/h7,15H,1-6H2,(H,18,19). The van der Waals surface area contributed by atoms with E-state index in [2.05, 4.69) is 5.32 Å². The van der Waals surface area contributed by atoms with E-state index >= 15 is 0 Å². The number of alkyl halides is 3. The number of nitrogens with zero attached hydrogens (tertiary/aromatic N) is 1. The summed E-state index contributed by atoms with van der Waals surface area (Å²) in [5, 5.41) is 11.8. The summed E-state index contributed by atoms with van der Waals surface area (Å²) in [7, 11) is 0. The van der Waals surface area contributed by atoms with Gasteiger partial charge in [0.05, 0.1) is 6.54 Å². The number of likely N-dealkylation sites (tertiary alicyclic amines) is 1. The summed E-state index contributed by atoms with van der Waals surface area (Å²) in [6, 6.07) is 0.276. The van der Waals surface area contributed by atoms with E-state index in [0.717, 1.165) is 17.7 Å². The lowest BCUT2D eigenvalue weighted by molar-refractivity contribution is -0.227. The van der Waals surface area contributed by atoms with E-state index < -0.39 is 36.4 Å². The van der Waals surface area contributed by atoms with Gasteiger partial charge in [-0.2, -0.15) is 13.2 Å². The molecule has 0 radical (unpaired) electrons.